The zero-order valence-electron chi connectivity index (χ0n) is 10.5. The van der Waals surface area contributed by atoms with Crippen molar-refractivity contribution in [3.63, 3.8) is 0 Å². The Balaban J connectivity index is 1.87. The minimum atomic E-state index is 0.141. The van der Waals surface area contributed by atoms with Crippen molar-refractivity contribution in [1.82, 2.24) is 0 Å². The first-order valence-electron chi connectivity index (χ1n) is 6.08. The first kappa shape index (κ1) is 13.0. The van der Waals surface area contributed by atoms with Gasteiger partial charge in [0.05, 0.1) is 12.3 Å². The molecule has 1 N–H and O–H groups in total. The Hall–Kier alpha value is -2.04. The second-order valence-corrected chi connectivity index (χ2v) is 4.80. The SMILES string of the molecule is Oc1ccc(Cl)cc1C=Nc1ccc2c(c1)COCO2. The first-order chi connectivity index (χ1) is 9.72. The summed E-state index contributed by atoms with van der Waals surface area (Å²) in [5, 5.41) is 10.3. The highest BCUT2D eigenvalue weighted by Gasteiger charge is 2.10. The van der Waals surface area contributed by atoms with E-state index < -0.39 is 0 Å². The third-order valence-corrected chi connectivity index (χ3v) is 3.18. The maximum absolute atomic E-state index is 9.72. The van der Waals surface area contributed by atoms with E-state index in [1.165, 1.54) is 6.07 Å². The van der Waals surface area contributed by atoms with Gasteiger partial charge in [-0.1, -0.05) is 11.6 Å². The molecule has 102 valence electrons. The fourth-order valence-corrected chi connectivity index (χ4v) is 2.11. The van der Waals surface area contributed by atoms with Crippen molar-refractivity contribution in [2.45, 2.75) is 6.61 Å². The maximum atomic E-state index is 9.72. The van der Waals surface area contributed by atoms with Crippen LogP contribution in [-0.2, 0) is 11.3 Å². The molecule has 0 saturated heterocycles. The van der Waals surface area contributed by atoms with Crippen LogP contribution in [0.25, 0.3) is 0 Å². The van der Waals surface area contributed by atoms with Crippen molar-refractivity contribution in [3.8, 4) is 11.5 Å². The highest BCUT2D eigenvalue weighted by atomic mass is 35.5. The van der Waals surface area contributed by atoms with Gasteiger partial charge in [-0.25, -0.2) is 0 Å². The van der Waals surface area contributed by atoms with Crippen LogP contribution in [0.3, 0.4) is 0 Å². The second kappa shape index (κ2) is 5.53. The number of ether oxygens (including phenoxy) is 2. The van der Waals surface area contributed by atoms with E-state index in [1.54, 1.807) is 18.3 Å². The molecule has 0 unspecified atom stereocenters. The van der Waals surface area contributed by atoms with Crippen LogP contribution in [0, 0.1) is 0 Å². The molecule has 1 heterocycles. The zero-order valence-corrected chi connectivity index (χ0v) is 11.3. The average Bonchev–Trinajstić information content (AvgIpc) is 2.48. The van der Waals surface area contributed by atoms with E-state index in [0.29, 0.717) is 17.2 Å². The fourth-order valence-electron chi connectivity index (χ4n) is 1.93. The third kappa shape index (κ3) is 2.76. The van der Waals surface area contributed by atoms with E-state index in [1.807, 2.05) is 18.2 Å². The molecular formula is C15H12ClNO3. The lowest BCUT2D eigenvalue weighted by atomic mass is 10.1. The van der Waals surface area contributed by atoms with E-state index in [-0.39, 0.29) is 12.5 Å². The van der Waals surface area contributed by atoms with E-state index in [4.69, 9.17) is 21.1 Å². The van der Waals surface area contributed by atoms with Gasteiger partial charge in [-0.3, -0.25) is 4.99 Å². The van der Waals surface area contributed by atoms with Gasteiger partial charge in [0.1, 0.15) is 11.5 Å². The summed E-state index contributed by atoms with van der Waals surface area (Å²) in [5.74, 6) is 0.962. The highest BCUT2D eigenvalue weighted by Crippen LogP contribution is 2.28. The molecule has 1 aliphatic rings. The topological polar surface area (TPSA) is 51.1 Å². The molecule has 2 aromatic rings. The molecule has 2 aromatic carbocycles. The molecule has 0 atom stereocenters. The quantitative estimate of drug-likeness (QED) is 0.858. The Morgan fingerprint density at radius 2 is 2.10 bits per heavy atom. The number of rotatable bonds is 2. The number of hydrogen-bond acceptors (Lipinski definition) is 4. The van der Waals surface area contributed by atoms with Crippen molar-refractivity contribution in [1.29, 1.82) is 0 Å². The summed E-state index contributed by atoms with van der Waals surface area (Å²) in [6.45, 7) is 0.799. The molecular weight excluding hydrogens is 278 g/mol. The second-order valence-electron chi connectivity index (χ2n) is 4.36. The van der Waals surface area contributed by atoms with E-state index in [9.17, 15) is 5.11 Å². The molecule has 3 rings (SSSR count). The van der Waals surface area contributed by atoms with Crippen molar-refractivity contribution < 1.29 is 14.6 Å². The van der Waals surface area contributed by atoms with Gasteiger partial charge in [-0.15, -0.1) is 0 Å². The van der Waals surface area contributed by atoms with E-state index in [0.717, 1.165) is 17.0 Å². The van der Waals surface area contributed by atoms with Gasteiger partial charge in [0, 0.05) is 22.4 Å². The number of hydrogen-bond donors (Lipinski definition) is 1. The van der Waals surface area contributed by atoms with Crippen LogP contribution in [0.2, 0.25) is 5.02 Å². The molecule has 0 aliphatic carbocycles. The molecule has 0 fully saturated rings. The van der Waals surface area contributed by atoms with Gasteiger partial charge in [0.25, 0.3) is 0 Å². The summed E-state index contributed by atoms with van der Waals surface area (Å²) in [4.78, 5) is 4.33. The summed E-state index contributed by atoms with van der Waals surface area (Å²) >= 11 is 5.89. The summed E-state index contributed by atoms with van der Waals surface area (Å²) < 4.78 is 10.6. The molecule has 0 amide bonds. The monoisotopic (exact) mass is 289 g/mol. The van der Waals surface area contributed by atoms with Gasteiger partial charge in [-0.05, 0) is 36.4 Å². The largest absolute Gasteiger partial charge is 0.507 e. The summed E-state index contributed by atoms with van der Waals surface area (Å²) in [6, 6.07) is 10.4. The fraction of sp³-hybridized carbons (Fsp3) is 0.133. The van der Waals surface area contributed by atoms with Crippen LogP contribution in [0.4, 0.5) is 5.69 Å². The normalized spacial score (nSPS) is 14.1. The molecule has 0 bridgehead atoms. The number of aliphatic imine (C=N–C) groups is 1. The number of aromatic hydroxyl groups is 1. The lowest BCUT2D eigenvalue weighted by Crippen LogP contribution is -2.10. The number of nitrogens with zero attached hydrogens (tertiary/aromatic N) is 1. The number of phenols is 1. The number of fused-ring (bicyclic) bond motifs is 1. The highest BCUT2D eigenvalue weighted by molar-refractivity contribution is 6.30. The smallest absolute Gasteiger partial charge is 0.189 e. The predicted octanol–water partition coefficient (Wildman–Crippen LogP) is 3.66. The molecule has 0 spiro atoms. The summed E-state index contributed by atoms with van der Waals surface area (Å²) in [7, 11) is 0. The molecule has 1 aliphatic heterocycles. The molecule has 5 heteroatoms. The standard InChI is InChI=1S/C15H12ClNO3/c16-12-1-3-14(18)10(5-12)7-17-13-2-4-15-11(6-13)8-19-9-20-15/h1-7,18H,8-9H2. The van der Waals surface area contributed by atoms with Crippen molar-refractivity contribution in [3.05, 3.63) is 52.5 Å². The Morgan fingerprint density at radius 1 is 1.20 bits per heavy atom. The van der Waals surface area contributed by atoms with Gasteiger partial charge >= 0.3 is 0 Å². The Labute approximate surface area is 121 Å². The molecule has 0 aromatic heterocycles. The van der Waals surface area contributed by atoms with E-state index >= 15 is 0 Å². The van der Waals surface area contributed by atoms with Crippen LogP contribution in [0.15, 0.2) is 41.4 Å². The van der Waals surface area contributed by atoms with Crippen molar-refractivity contribution in [2.75, 3.05) is 6.79 Å². The molecule has 4 nitrogen and oxygen atoms in total. The minimum Gasteiger partial charge on any atom is -0.507 e. The van der Waals surface area contributed by atoms with Gasteiger partial charge in [-0.2, -0.15) is 0 Å². The number of halogens is 1. The van der Waals surface area contributed by atoms with Gasteiger partial charge < -0.3 is 14.6 Å². The predicted molar refractivity (Wildman–Crippen MR) is 77.1 cm³/mol. The third-order valence-electron chi connectivity index (χ3n) is 2.94. The maximum Gasteiger partial charge on any atom is 0.189 e. The molecule has 0 radical (unpaired) electrons. The van der Waals surface area contributed by atoms with E-state index in [2.05, 4.69) is 4.99 Å². The summed E-state index contributed by atoms with van der Waals surface area (Å²) in [5.41, 5.74) is 2.29. The van der Waals surface area contributed by atoms with Crippen molar-refractivity contribution >= 4 is 23.5 Å². The van der Waals surface area contributed by atoms with Crippen LogP contribution in [-0.4, -0.2) is 18.1 Å². The Bertz CT molecular complexity index is 670. The van der Waals surface area contributed by atoms with Crippen LogP contribution < -0.4 is 4.74 Å². The lowest BCUT2D eigenvalue weighted by molar-refractivity contribution is -0.0163. The van der Waals surface area contributed by atoms with Crippen LogP contribution in [0.1, 0.15) is 11.1 Å². The zero-order chi connectivity index (χ0) is 13.9. The van der Waals surface area contributed by atoms with Crippen LogP contribution >= 0.6 is 11.6 Å². The lowest BCUT2D eigenvalue weighted by Gasteiger charge is -2.17. The van der Waals surface area contributed by atoms with Crippen LogP contribution in [0.5, 0.6) is 11.5 Å². The Morgan fingerprint density at radius 3 is 3.00 bits per heavy atom. The number of benzene rings is 2. The van der Waals surface area contributed by atoms with Gasteiger partial charge in [0.15, 0.2) is 6.79 Å². The Kier molecular flexibility index (Phi) is 3.58. The van der Waals surface area contributed by atoms with Crippen molar-refractivity contribution in [2.24, 2.45) is 4.99 Å². The number of phenolic OH excluding ortho intramolecular Hbond substituents is 1. The average molecular weight is 290 g/mol. The molecule has 20 heavy (non-hydrogen) atoms. The summed E-state index contributed by atoms with van der Waals surface area (Å²) in [6.07, 6.45) is 1.58. The minimum absolute atomic E-state index is 0.141. The molecule has 0 saturated carbocycles. The first-order valence-corrected chi connectivity index (χ1v) is 6.46. The van der Waals surface area contributed by atoms with Gasteiger partial charge in [0.2, 0.25) is 0 Å².